The third-order valence-electron chi connectivity index (χ3n) is 1.91. The van der Waals surface area contributed by atoms with Gasteiger partial charge in [0.1, 0.15) is 0 Å². The van der Waals surface area contributed by atoms with Crippen molar-refractivity contribution < 1.29 is 19.1 Å². The second kappa shape index (κ2) is 4.72. The summed E-state index contributed by atoms with van der Waals surface area (Å²) < 4.78 is 5.53. The first-order chi connectivity index (χ1) is 8.08. The van der Waals surface area contributed by atoms with Gasteiger partial charge in [-0.1, -0.05) is 0 Å². The van der Waals surface area contributed by atoms with Crippen molar-refractivity contribution in [2.24, 2.45) is 0 Å². The number of carboxylic acids is 1. The van der Waals surface area contributed by atoms with Crippen LogP contribution in [0, 0.1) is 0 Å². The number of halogens is 1. The zero-order valence-corrected chi connectivity index (χ0v) is 10.7. The number of anilines is 1. The number of amides is 1. The fourth-order valence-corrected chi connectivity index (χ4v) is 2.29. The van der Waals surface area contributed by atoms with Crippen LogP contribution in [0.4, 0.5) is 5.00 Å². The molecule has 0 aliphatic rings. The highest BCUT2D eigenvalue weighted by molar-refractivity contribution is 9.10. The van der Waals surface area contributed by atoms with Crippen molar-refractivity contribution in [2.45, 2.75) is 0 Å². The molecule has 2 aromatic rings. The second-order valence-corrected chi connectivity index (χ2v) is 4.82. The zero-order chi connectivity index (χ0) is 12.4. The molecule has 17 heavy (non-hydrogen) atoms. The summed E-state index contributed by atoms with van der Waals surface area (Å²) in [5.74, 6) is -1.31. The number of carbonyl (C=O) groups excluding carboxylic acids is 1. The predicted molar refractivity (Wildman–Crippen MR) is 65.6 cm³/mol. The lowest BCUT2D eigenvalue weighted by atomic mass is 10.3. The second-order valence-electron chi connectivity index (χ2n) is 3.06. The van der Waals surface area contributed by atoms with Gasteiger partial charge in [-0.2, -0.15) is 0 Å². The van der Waals surface area contributed by atoms with Crippen LogP contribution in [-0.4, -0.2) is 17.0 Å². The minimum Gasteiger partial charge on any atom is -0.478 e. The lowest BCUT2D eigenvalue weighted by Gasteiger charge is -1.99. The smallest absolute Gasteiger partial charge is 0.336 e. The van der Waals surface area contributed by atoms with Gasteiger partial charge in [-0.3, -0.25) is 4.79 Å². The Balaban J connectivity index is 2.13. The van der Waals surface area contributed by atoms with Crippen LogP contribution in [0.1, 0.15) is 20.9 Å². The molecular weight excluding hydrogens is 310 g/mol. The molecule has 0 saturated carbocycles. The SMILES string of the molecule is O=C(O)c1csc(NC(=O)c2occc2Br)c1. The maximum absolute atomic E-state index is 11.7. The van der Waals surface area contributed by atoms with Gasteiger partial charge in [0.15, 0.2) is 0 Å². The number of carbonyl (C=O) groups is 2. The quantitative estimate of drug-likeness (QED) is 0.912. The molecule has 1 amide bonds. The van der Waals surface area contributed by atoms with E-state index in [9.17, 15) is 9.59 Å². The minimum absolute atomic E-state index is 0.142. The van der Waals surface area contributed by atoms with E-state index in [4.69, 9.17) is 9.52 Å². The molecule has 2 rings (SSSR count). The third-order valence-corrected chi connectivity index (χ3v) is 3.38. The number of thiophene rings is 1. The molecule has 0 saturated heterocycles. The molecule has 5 nitrogen and oxygen atoms in total. The summed E-state index contributed by atoms with van der Waals surface area (Å²) in [5.41, 5.74) is 0.142. The number of furan rings is 1. The van der Waals surface area contributed by atoms with Gasteiger partial charge in [0, 0.05) is 5.38 Å². The molecule has 88 valence electrons. The van der Waals surface area contributed by atoms with Crippen LogP contribution < -0.4 is 5.32 Å². The Morgan fingerprint density at radius 2 is 2.24 bits per heavy atom. The van der Waals surface area contributed by atoms with Crippen LogP contribution in [0.25, 0.3) is 0 Å². The van der Waals surface area contributed by atoms with Gasteiger partial charge >= 0.3 is 5.97 Å². The van der Waals surface area contributed by atoms with Crippen LogP contribution >= 0.6 is 27.3 Å². The number of nitrogens with one attached hydrogen (secondary N) is 1. The van der Waals surface area contributed by atoms with Crippen molar-refractivity contribution in [1.29, 1.82) is 0 Å². The van der Waals surface area contributed by atoms with E-state index in [1.807, 2.05) is 0 Å². The fraction of sp³-hybridized carbons (Fsp3) is 0. The Morgan fingerprint density at radius 1 is 1.47 bits per heavy atom. The molecule has 0 unspecified atom stereocenters. The summed E-state index contributed by atoms with van der Waals surface area (Å²) in [7, 11) is 0. The maximum Gasteiger partial charge on any atom is 0.336 e. The van der Waals surface area contributed by atoms with E-state index in [-0.39, 0.29) is 11.3 Å². The van der Waals surface area contributed by atoms with E-state index in [0.29, 0.717) is 9.47 Å². The van der Waals surface area contributed by atoms with Gasteiger partial charge in [-0.15, -0.1) is 11.3 Å². The van der Waals surface area contributed by atoms with Gasteiger partial charge in [-0.05, 0) is 28.1 Å². The predicted octanol–water partition coefficient (Wildman–Crippen LogP) is 3.05. The molecule has 0 aliphatic heterocycles. The van der Waals surface area contributed by atoms with Gasteiger partial charge in [-0.25, -0.2) is 4.79 Å². The molecule has 7 heteroatoms. The Kier molecular flexibility index (Phi) is 3.30. The van der Waals surface area contributed by atoms with Crippen LogP contribution in [0.15, 0.2) is 32.7 Å². The summed E-state index contributed by atoms with van der Waals surface area (Å²) in [6.07, 6.45) is 1.39. The molecule has 0 bridgehead atoms. The van der Waals surface area contributed by atoms with Crippen molar-refractivity contribution in [3.05, 3.63) is 39.6 Å². The Labute approximate surface area is 108 Å². The molecule has 2 aromatic heterocycles. The van der Waals surface area contributed by atoms with Crippen LogP contribution in [0.3, 0.4) is 0 Å². The minimum atomic E-state index is -1.03. The first-order valence-corrected chi connectivity index (χ1v) is 6.11. The highest BCUT2D eigenvalue weighted by atomic mass is 79.9. The number of carboxylic acid groups (broad SMARTS) is 1. The lowest BCUT2D eigenvalue weighted by molar-refractivity contribution is 0.0697. The third kappa shape index (κ3) is 2.56. The van der Waals surface area contributed by atoms with E-state index in [0.717, 1.165) is 11.3 Å². The molecule has 0 aromatic carbocycles. The average Bonchev–Trinajstić information content (AvgIpc) is 2.86. The lowest BCUT2D eigenvalue weighted by Crippen LogP contribution is -2.10. The highest BCUT2D eigenvalue weighted by Gasteiger charge is 2.15. The summed E-state index contributed by atoms with van der Waals surface area (Å²) >= 11 is 4.30. The van der Waals surface area contributed by atoms with Crippen molar-refractivity contribution in [3.63, 3.8) is 0 Å². The summed E-state index contributed by atoms with van der Waals surface area (Å²) in [4.78, 5) is 22.4. The number of aromatic carboxylic acids is 1. The molecule has 0 radical (unpaired) electrons. The normalized spacial score (nSPS) is 10.2. The van der Waals surface area contributed by atoms with Crippen LogP contribution in [0.5, 0.6) is 0 Å². The number of hydrogen-bond donors (Lipinski definition) is 2. The zero-order valence-electron chi connectivity index (χ0n) is 8.27. The molecule has 2 heterocycles. The van der Waals surface area contributed by atoms with Crippen molar-refractivity contribution in [3.8, 4) is 0 Å². The first-order valence-electron chi connectivity index (χ1n) is 4.44. The number of rotatable bonds is 3. The summed E-state index contributed by atoms with van der Waals surface area (Å²) in [6.45, 7) is 0. The Morgan fingerprint density at radius 3 is 2.76 bits per heavy atom. The Bertz CT molecular complexity index is 574. The highest BCUT2D eigenvalue weighted by Crippen LogP contribution is 2.23. The van der Waals surface area contributed by atoms with E-state index < -0.39 is 11.9 Å². The van der Waals surface area contributed by atoms with Gasteiger partial charge in [0.25, 0.3) is 5.91 Å². The summed E-state index contributed by atoms with van der Waals surface area (Å²) in [5, 5.41) is 13.2. The van der Waals surface area contributed by atoms with E-state index in [1.165, 1.54) is 17.7 Å². The first kappa shape index (κ1) is 11.9. The molecule has 0 spiro atoms. The van der Waals surface area contributed by atoms with Crippen molar-refractivity contribution in [2.75, 3.05) is 5.32 Å². The van der Waals surface area contributed by atoms with E-state index >= 15 is 0 Å². The monoisotopic (exact) mass is 315 g/mol. The molecule has 2 N–H and O–H groups in total. The molecule has 0 atom stereocenters. The summed E-state index contributed by atoms with van der Waals surface area (Å²) in [6, 6.07) is 2.99. The molecular formula is C10H6BrNO4S. The fourth-order valence-electron chi connectivity index (χ4n) is 1.14. The van der Waals surface area contributed by atoms with E-state index in [2.05, 4.69) is 21.2 Å². The largest absolute Gasteiger partial charge is 0.478 e. The van der Waals surface area contributed by atoms with E-state index in [1.54, 1.807) is 6.07 Å². The Hall–Kier alpha value is -1.60. The van der Waals surface area contributed by atoms with Gasteiger partial charge in [0.05, 0.1) is 21.3 Å². The van der Waals surface area contributed by atoms with Crippen molar-refractivity contribution in [1.82, 2.24) is 0 Å². The molecule has 0 aliphatic carbocycles. The van der Waals surface area contributed by atoms with Crippen LogP contribution in [-0.2, 0) is 0 Å². The van der Waals surface area contributed by atoms with Crippen LogP contribution in [0.2, 0.25) is 0 Å². The molecule has 0 fully saturated rings. The average molecular weight is 316 g/mol. The van der Waals surface area contributed by atoms with Gasteiger partial charge in [0.2, 0.25) is 5.76 Å². The standard InChI is InChI=1S/C10H6BrNO4S/c11-6-1-2-16-8(6)9(13)12-7-3-5(4-17-7)10(14)15/h1-4H,(H,12,13)(H,14,15). The number of hydrogen-bond acceptors (Lipinski definition) is 4. The van der Waals surface area contributed by atoms with Gasteiger partial charge < -0.3 is 14.8 Å². The maximum atomic E-state index is 11.7. The topological polar surface area (TPSA) is 79.5 Å². The van der Waals surface area contributed by atoms with Crippen molar-refractivity contribution >= 4 is 44.1 Å².